The van der Waals surface area contributed by atoms with E-state index >= 15 is 0 Å². The Labute approximate surface area is 138 Å². The molecule has 0 aromatic rings. The molecule has 4 fully saturated rings. The van der Waals surface area contributed by atoms with Crippen molar-refractivity contribution in [1.82, 2.24) is 4.90 Å². The van der Waals surface area contributed by atoms with Crippen LogP contribution in [0.4, 0.5) is 0 Å². The van der Waals surface area contributed by atoms with Crippen molar-refractivity contribution in [3.63, 3.8) is 0 Å². The van der Waals surface area contributed by atoms with Crippen LogP contribution in [-0.2, 0) is 18.9 Å². The standard InChI is InChI=1S/C17H26BNO4/c1-10(2)18-22-15(20)8-19(9-16(21)23-18)14-7-12-6-13(11(14)3)17(12,4)5/h11-14H,1,6-9H2,2-5H3/t11-,12?,13-,14-/m1/s1. The van der Waals surface area contributed by atoms with Gasteiger partial charge in [0, 0.05) is 6.04 Å². The Kier molecular flexibility index (Phi) is 4.07. The number of allylic oxidation sites excluding steroid dienone is 1. The van der Waals surface area contributed by atoms with Gasteiger partial charge in [0.25, 0.3) is 0 Å². The lowest BCUT2D eigenvalue weighted by Gasteiger charge is -2.63. The van der Waals surface area contributed by atoms with Crippen molar-refractivity contribution in [3.8, 4) is 0 Å². The van der Waals surface area contributed by atoms with Crippen molar-refractivity contribution < 1.29 is 18.9 Å². The number of hydrogen-bond donors (Lipinski definition) is 0. The van der Waals surface area contributed by atoms with Crippen LogP contribution < -0.4 is 0 Å². The Balaban J connectivity index is 1.73. The van der Waals surface area contributed by atoms with Gasteiger partial charge in [-0.2, -0.15) is 0 Å². The first kappa shape index (κ1) is 16.6. The van der Waals surface area contributed by atoms with Crippen molar-refractivity contribution in [2.24, 2.45) is 23.2 Å². The Morgan fingerprint density at radius 2 is 1.78 bits per heavy atom. The Morgan fingerprint density at radius 3 is 2.22 bits per heavy atom. The smallest absolute Gasteiger partial charge is 0.495 e. The molecule has 0 radical (unpaired) electrons. The Morgan fingerprint density at radius 1 is 1.22 bits per heavy atom. The summed E-state index contributed by atoms with van der Waals surface area (Å²) < 4.78 is 10.5. The van der Waals surface area contributed by atoms with E-state index in [1.807, 2.05) is 4.90 Å². The van der Waals surface area contributed by atoms with E-state index in [0.29, 0.717) is 28.6 Å². The van der Waals surface area contributed by atoms with Crippen LogP contribution in [0.25, 0.3) is 0 Å². The van der Waals surface area contributed by atoms with E-state index in [1.54, 1.807) is 6.92 Å². The van der Waals surface area contributed by atoms with E-state index in [4.69, 9.17) is 9.31 Å². The number of carbonyl (C=O) groups is 2. The zero-order valence-corrected chi connectivity index (χ0v) is 14.5. The minimum atomic E-state index is -0.951. The lowest BCUT2D eigenvalue weighted by molar-refractivity contribution is -0.160. The molecule has 0 aromatic heterocycles. The molecule has 3 aliphatic carbocycles. The average Bonchev–Trinajstić information content (AvgIpc) is 2.43. The summed E-state index contributed by atoms with van der Waals surface area (Å²) in [5, 5.41) is 0. The molecule has 4 rings (SSSR count). The summed E-state index contributed by atoms with van der Waals surface area (Å²) in [5.41, 5.74) is 0.902. The summed E-state index contributed by atoms with van der Waals surface area (Å²) >= 11 is 0. The van der Waals surface area contributed by atoms with Crippen molar-refractivity contribution in [3.05, 3.63) is 12.1 Å². The number of nitrogens with zero attached hydrogens (tertiary/aromatic N) is 1. The van der Waals surface area contributed by atoms with E-state index < -0.39 is 7.12 Å². The summed E-state index contributed by atoms with van der Waals surface area (Å²) in [4.78, 5) is 26.2. The molecule has 5 nitrogen and oxygen atoms in total. The number of fused-ring (bicyclic) bond motifs is 2. The van der Waals surface area contributed by atoms with Gasteiger partial charge in [-0.15, -0.1) is 6.58 Å². The van der Waals surface area contributed by atoms with Gasteiger partial charge >= 0.3 is 19.1 Å². The fourth-order valence-electron chi connectivity index (χ4n) is 4.76. The lowest BCUT2D eigenvalue weighted by Crippen LogP contribution is -2.62. The molecule has 2 bridgehead atoms. The molecular weight excluding hydrogens is 293 g/mol. The van der Waals surface area contributed by atoms with Crippen LogP contribution in [0.3, 0.4) is 0 Å². The number of hydrogen-bond acceptors (Lipinski definition) is 5. The molecule has 4 atom stereocenters. The van der Waals surface area contributed by atoms with Crippen LogP contribution in [0.2, 0.25) is 0 Å². The van der Waals surface area contributed by atoms with Gasteiger partial charge in [-0.05, 0) is 48.4 Å². The third-order valence-corrected chi connectivity index (χ3v) is 6.33. The summed E-state index contributed by atoms with van der Waals surface area (Å²) in [6.45, 7) is 12.6. The van der Waals surface area contributed by atoms with Gasteiger partial charge in [0.05, 0.1) is 13.1 Å². The molecule has 0 spiro atoms. The van der Waals surface area contributed by atoms with Crippen LogP contribution in [0.1, 0.15) is 40.5 Å². The highest BCUT2D eigenvalue weighted by atomic mass is 16.6. The largest absolute Gasteiger partial charge is 0.631 e. The van der Waals surface area contributed by atoms with Crippen molar-refractivity contribution in [2.75, 3.05) is 13.1 Å². The number of rotatable bonds is 2. The highest BCUT2D eigenvalue weighted by molar-refractivity contribution is 6.57. The number of carbonyl (C=O) groups excluding carboxylic acids is 2. The predicted molar refractivity (Wildman–Crippen MR) is 87.3 cm³/mol. The maximum atomic E-state index is 12.1. The Hall–Kier alpha value is -1.30. The molecule has 126 valence electrons. The molecule has 0 aromatic carbocycles. The third kappa shape index (κ3) is 2.82. The fourth-order valence-corrected chi connectivity index (χ4v) is 4.76. The first-order valence-electron chi connectivity index (χ1n) is 8.48. The SMILES string of the molecule is C=C(C)B1OC(=O)CN([C@@H]2CC3C[C@H]([C@H]2C)C3(C)C)CC(=O)O1. The van der Waals surface area contributed by atoms with Gasteiger partial charge < -0.3 is 9.31 Å². The maximum Gasteiger partial charge on any atom is 0.631 e. The van der Waals surface area contributed by atoms with E-state index in [2.05, 4.69) is 27.4 Å². The quantitative estimate of drug-likeness (QED) is 0.729. The molecule has 23 heavy (non-hydrogen) atoms. The molecule has 3 saturated carbocycles. The zero-order chi connectivity index (χ0) is 16.9. The average molecular weight is 319 g/mol. The minimum absolute atomic E-state index is 0.147. The second-order valence-corrected chi connectivity index (χ2v) is 8.09. The molecule has 4 aliphatic rings. The molecule has 1 aliphatic heterocycles. The van der Waals surface area contributed by atoms with Crippen LogP contribution in [0, 0.1) is 23.2 Å². The van der Waals surface area contributed by atoms with Crippen LogP contribution >= 0.6 is 0 Å². The van der Waals surface area contributed by atoms with E-state index in [-0.39, 0.29) is 31.1 Å². The molecule has 0 N–H and O–H groups in total. The maximum absolute atomic E-state index is 12.1. The monoisotopic (exact) mass is 319 g/mol. The van der Waals surface area contributed by atoms with Crippen molar-refractivity contribution in [1.29, 1.82) is 0 Å². The molecule has 1 heterocycles. The highest BCUT2D eigenvalue weighted by Gasteiger charge is 2.57. The second kappa shape index (κ2) is 5.65. The molecule has 1 unspecified atom stereocenters. The molecule has 0 amide bonds. The van der Waals surface area contributed by atoms with Gasteiger partial charge in [0.2, 0.25) is 0 Å². The first-order valence-corrected chi connectivity index (χ1v) is 8.48. The lowest BCUT2D eigenvalue weighted by atomic mass is 9.44. The summed E-state index contributed by atoms with van der Waals surface area (Å²) in [7, 11) is -0.951. The van der Waals surface area contributed by atoms with E-state index in [9.17, 15) is 9.59 Å². The summed E-state index contributed by atoms with van der Waals surface area (Å²) in [6.07, 6.45) is 2.31. The highest BCUT2D eigenvalue weighted by Crippen LogP contribution is 2.61. The van der Waals surface area contributed by atoms with E-state index in [1.165, 1.54) is 6.42 Å². The summed E-state index contributed by atoms with van der Waals surface area (Å²) in [6, 6.07) is 0.244. The van der Waals surface area contributed by atoms with Crippen molar-refractivity contribution in [2.45, 2.75) is 46.6 Å². The fraction of sp³-hybridized carbons (Fsp3) is 0.765. The molecular formula is C17H26BNO4. The third-order valence-electron chi connectivity index (χ3n) is 6.33. The minimum Gasteiger partial charge on any atom is -0.495 e. The normalized spacial score (nSPS) is 37.1. The van der Waals surface area contributed by atoms with E-state index in [0.717, 1.165) is 6.42 Å². The van der Waals surface area contributed by atoms with Crippen molar-refractivity contribution >= 4 is 19.1 Å². The summed E-state index contributed by atoms with van der Waals surface area (Å²) in [5.74, 6) is 1.10. The van der Waals surface area contributed by atoms with Crippen LogP contribution in [0.5, 0.6) is 0 Å². The van der Waals surface area contributed by atoms with Crippen LogP contribution in [-0.4, -0.2) is 43.1 Å². The van der Waals surface area contributed by atoms with Gasteiger partial charge in [0.1, 0.15) is 0 Å². The zero-order valence-electron chi connectivity index (χ0n) is 14.5. The first-order chi connectivity index (χ1) is 10.7. The second-order valence-electron chi connectivity index (χ2n) is 8.09. The van der Waals surface area contributed by atoms with Crippen LogP contribution in [0.15, 0.2) is 12.1 Å². The van der Waals surface area contributed by atoms with Gasteiger partial charge in [-0.1, -0.05) is 20.8 Å². The topological polar surface area (TPSA) is 55.8 Å². The molecule has 6 heteroatoms. The predicted octanol–water partition coefficient (Wildman–Crippen LogP) is 2.06. The molecule has 1 saturated heterocycles. The van der Waals surface area contributed by atoms with Gasteiger partial charge in [0.15, 0.2) is 0 Å². The van der Waals surface area contributed by atoms with Gasteiger partial charge in [-0.3, -0.25) is 14.5 Å². The Bertz CT molecular complexity index is 527. The van der Waals surface area contributed by atoms with Gasteiger partial charge in [-0.25, -0.2) is 0 Å².